The quantitative estimate of drug-likeness (QED) is 0.795. The fourth-order valence-electron chi connectivity index (χ4n) is 1.60. The highest BCUT2D eigenvalue weighted by Crippen LogP contribution is 2.28. The monoisotopic (exact) mass is 262 g/mol. The third kappa shape index (κ3) is 2.92. The van der Waals surface area contributed by atoms with Crippen LogP contribution in [-0.4, -0.2) is 23.0 Å². The van der Waals surface area contributed by atoms with Crippen LogP contribution in [0.5, 0.6) is 0 Å². The summed E-state index contributed by atoms with van der Waals surface area (Å²) in [6.07, 6.45) is 4.58. The van der Waals surface area contributed by atoms with Crippen molar-refractivity contribution in [3.05, 3.63) is 35.1 Å². The van der Waals surface area contributed by atoms with E-state index in [0.717, 1.165) is 21.1 Å². The second kappa shape index (κ2) is 5.73. The summed E-state index contributed by atoms with van der Waals surface area (Å²) < 4.78 is 4.64. The van der Waals surface area contributed by atoms with Crippen LogP contribution < -0.4 is 0 Å². The Balaban J connectivity index is 2.15. The van der Waals surface area contributed by atoms with Crippen molar-refractivity contribution in [2.45, 2.75) is 19.8 Å². The zero-order valence-electron chi connectivity index (χ0n) is 10.3. The van der Waals surface area contributed by atoms with E-state index in [1.54, 1.807) is 23.7 Å². The van der Waals surface area contributed by atoms with Crippen molar-refractivity contribution in [1.82, 2.24) is 9.97 Å². The summed E-state index contributed by atoms with van der Waals surface area (Å²) in [5, 5.41) is 0.967. The molecule has 0 aliphatic heterocycles. The third-order valence-corrected chi connectivity index (χ3v) is 3.87. The van der Waals surface area contributed by atoms with Crippen LogP contribution in [0.15, 0.2) is 24.5 Å². The molecule has 94 valence electrons. The molecule has 5 heteroatoms. The number of methoxy groups -OCH3 is 1. The number of nitrogens with zero attached hydrogens (tertiary/aromatic N) is 2. The Morgan fingerprint density at radius 2 is 2.11 bits per heavy atom. The molecule has 18 heavy (non-hydrogen) atoms. The molecule has 0 bridgehead atoms. The molecular formula is C13H14N2O2S. The Bertz CT molecular complexity index is 537. The number of aromatic nitrogens is 2. The van der Waals surface area contributed by atoms with Crippen LogP contribution in [0.25, 0.3) is 10.6 Å². The number of hydrogen-bond acceptors (Lipinski definition) is 5. The fraction of sp³-hybridized carbons (Fsp3) is 0.308. The highest BCUT2D eigenvalue weighted by molar-refractivity contribution is 7.15. The lowest BCUT2D eigenvalue weighted by atomic mass is 10.2. The Morgan fingerprint density at radius 1 is 1.39 bits per heavy atom. The smallest absolute Gasteiger partial charge is 0.305 e. The van der Waals surface area contributed by atoms with Crippen LogP contribution in [0.3, 0.4) is 0 Å². The summed E-state index contributed by atoms with van der Waals surface area (Å²) in [5.41, 5.74) is 2.04. The van der Waals surface area contributed by atoms with Gasteiger partial charge in [0.15, 0.2) is 0 Å². The van der Waals surface area contributed by atoms with Gasteiger partial charge in [-0.15, -0.1) is 11.3 Å². The van der Waals surface area contributed by atoms with Gasteiger partial charge in [-0.2, -0.15) is 0 Å². The predicted molar refractivity (Wildman–Crippen MR) is 70.4 cm³/mol. The molecule has 0 fully saturated rings. The Kier molecular flexibility index (Phi) is 4.04. The molecule has 0 atom stereocenters. The first-order chi connectivity index (χ1) is 8.70. The van der Waals surface area contributed by atoms with Crippen molar-refractivity contribution in [2.24, 2.45) is 0 Å². The van der Waals surface area contributed by atoms with E-state index in [1.807, 2.05) is 19.1 Å². The van der Waals surface area contributed by atoms with E-state index in [1.165, 1.54) is 7.11 Å². The molecule has 0 aliphatic rings. The van der Waals surface area contributed by atoms with Crippen molar-refractivity contribution >= 4 is 17.3 Å². The first-order valence-corrected chi connectivity index (χ1v) is 6.46. The lowest BCUT2D eigenvalue weighted by Gasteiger charge is -1.97. The molecule has 0 amide bonds. The van der Waals surface area contributed by atoms with Crippen LogP contribution in [0, 0.1) is 6.92 Å². The number of esters is 1. The Morgan fingerprint density at radius 3 is 2.78 bits per heavy atom. The standard InChI is InChI=1S/C13H14N2O2S/c1-9-11(3-4-12(16)17-2)18-13(15-9)10-5-7-14-8-6-10/h5-8H,3-4H2,1-2H3. The predicted octanol–water partition coefficient (Wildman–Crippen LogP) is 2.62. The molecule has 0 aliphatic carbocycles. The van der Waals surface area contributed by atoms with Gasteiger partial charge in [-0.05, 0) is 25.5 Å². The van der Waals surface area contributed by atoms with E-state index in [9.17, 15) is 4.79 Å². The SMILES string of the molecule is COC(=O)CCc1sc(-c2ccncc2)nc1C. The molecule has 4 nitrogen and oxygen atoms in total. The van der Waals surface area contributed by atoms with Gasteiger partial charge in [0.25, 0.3) is 0 Å². The number of rotatable bonds is 4. The minimum atomic E-state index is -0.187. The molecule has 2 aromatic heterocycles. The average Bonchev–Trinajstić information content (AvgIpc) is 2.78. The molecule has 0 aromatic carbocycles. The maximum atomic E-state index is 11.1. The fourth-order valence-corrected chi connectivity index (χ4v) is 2.66. The summed E-state index contributed by atoms with van der Waals surface area (Å²) in [5.74, 6) is -0.187. The summed E-state index contributed by atoms with van der Waals surface area (Å²) >= 11 is 1.62. The van der Waals surface area contributed by atoms with Gasteiger partial charge in [-0.1, -0.05) is 0 Å². The van der Waals surface area contributed by atoms with Gasteiger partial charge < -0.3 is 4.74 Å². The molecular weight excluding hydrogens is 248 g/mol. The third-order valence-electron chi connectivity index (χ3n) is 2.60. The molecule has 0 radical (unpaired) electrons. The van der Waals surface area contributed by atoms with Crippen molar-refractivity contribution in [1.29, 1.82) is 0 Å². The minimum absolute atomic E-state index is 0.187. The second-order valence-corrected chi connectivity index (χ2v) is 4.92. The normalized spacial score (nSPS) is 10.3. The Labute approximate surface area is 110 Å². The lowest BCUT2D eigenvalue weighted by molar-refractivity contribution is -0.140. The lowest BCUT2D eigenvalue weighted by Crippen LogP contribution is -2.01. The first-order valence-electron chi connectivity index (χ1n) is 5.64. The maximum absolute atomic E-state index is 11.1. The van der Waals surface area contributed by atoms with E-state index in [-0.39, 0.29) is 5.97 Å². The second-order valence-electron chi connectivity index (χ2n) is 3.84. The topological polar surface area (TPSA) is 52.1 Å². The minimum Gasteiger partial charge on any atom is -0.469 e. The van der Waals surface area contributed by atoms with Crippen LogP contribution in [-0.2, 0) is 16.0 Å². The summed E-state index contributed by atoms with van der Waals surface area (Å²) in [6, 6.07) is 3.87. The molecule has 0 saturated carbocycles. The van der Waals surface area contributed by atoms with Crippen LogP contribution in [0.2, 0.25) is 0 Å². The molecule has 2 rings (SSSR count). The van der Waals surface area contributed by atoms with E-state index < -0.39 is 0 Å². The van der Waals surface area contributed by atoms with Crippen LogP contribution in [0.4, 0.5) is 0 Å². The summed E-state index contributed by atoms with van der Waals surface area (Å²) in [7, 11) is 1.41. The van der Waals surface area contributed by atoms with E-state index in [2.05, 4.69) is 14.7 Å². The van der Waals surface area contributed by atoms with Gasteiger partial charge in [-0.25, -0.2) is 4.98 Å². The van der Waals surface area contributed by atoms with Crippen molar-refractivity contribution < 1.29 is 9.53 Å². The van der Waals surface area contributed by atoms with Gasteiger partial charge in [0, 0.05) is 22.8 Å². The van der Waals surface area contributed by atoms with Crippen LogP contribution >= 0.6 is 11.3 Å². The van der Waals surface area contributed by atoms with Crippen molar-refractivity contribution in [2.75, 3.05) is 7.11 Å². The molecule has 2 aromatic rings. The molecule has 0 spiro atoms. The number of carbonyl (C=O) groups excluding carboxylic acids is 1. The largest absolute Gasteiger partial charge is 0.469 e. The van der Waals surface area contributed by atoms with Crippen LogP contribution in [0.1, 0.15) is 17.0 Å². The number of aryl methyl sites for hydroxylation is 2. The van der Waals surface area contributed by atoms with Gasteiger partial charge in [0.05, 0.1) is 19.2 Å². The molecule has 0 unspecified atom stereocenters. The van der Waals surface area contributed by atoms with Gasteiger partial charge in [-0.3, -0.25) is 9.78 Å². The molecule has 2 heterocycles. The van der Waals surface area contributed by atoms with E-state index in [0.29, 0.717) is 12.8 Å². The summed E-state index contributed by atoms with van der Waals surface area (Å²) in [6.45, 7) is 1.97. The average molecular weight is 262 g/mol. The van der Waals surface area contributed by atoms with Crippen molar-refractivity contribution in [3.63, 3.8) is 0 Å². The first kappa shape index (κ1) is 12.7. The Hall–Kier alpha value is -1.75. The number of thiazole rings is 1. The number of ether oxygens (including phenoxy) is 1. The number of pyridine rings is 1. The highest BCUT2D eigenvalue weighted by atomic mass is 32.1. The molecule has 0 N–H and O–H groups in total. The highest BCUT2D eigenvalue weighted by Gasteiger charge is 2.11. The zero-order valence-corrected chi connectivity index (χ0v) is 11.2. The van der Waals surface area contributed by atoms with Gasteiger partial charge >= 0.3 is 5.97 Å². The zero-order chi connectivity index (χ0) is 13.0. The van der Waals surface area contributed by atoms with E-state index >= 15 is 0 Å². The number of hydrogen-bond donors (Lipinski definition) is 0. The van der Waals surface area contributed by atoms with E-state index in [4.69, 9.17) is 0 Å². The summed E-state index contributed by atoms with van der Waals surface area (Å²) in [4.78, 5) is 20.8. The number of carbonyl (C=O) groups is 1. The van der Waals surface area contributed by atoms with Gasteiger partial charge in [0.1, 0.15) is 5.01 Å². The molecule has 0 saturated heterocycles. The van der Waals surface area contributed by atoms with Gasteiger partial charge in [0.2, 0.25) is 0 Å². The maximum Gasteiger partial charge on any atom is 0.305 e. The van der Waals surface area contributed by atoms with Crippen molar-refractivity contribution in [3.8, 4) is 10.6 Å².